The van der Waals surface area contributed by atoms with E-state index in [1.165, 1.54) is 18.4 Å². The van der Waals surface area contributed by atoms with Crippen molar-refractivity contribution in [3.63, 3.8) is 0 Å². The molecule has 0 radical (unpaired) electrons. The molecule has 2 aromatic rings. The maximum Gasteiger partial charge on any atom is 0.136 e. The lowest BCUT2D eigenvalue weighted by Gasteiger charge is -2.09. The van der Waals surface area contributed by atoms with E-state index >= 15 is 0 Å². The molecule has 0 bridgehead atoms. The zero-order valence-electron chi connectivity index (χ0n) is 11.9. The molecule has 1 saturated carbocycles. The van der Waals surface area contributed by atoms with Gasteiger partial charge in [0, 0.05) is 31.8 Å². The molecule has 0 saturated heterocycles. The van der Waals surface area contributed by atoms with Gasteiger partial charge in [-0.05, 0) is 25.3 Å². The zero-order chi connectivity index (χ0) is 13.9. The second-order valence-corrected chi connectivity index (χ2v) is 5.23. The van der Waals surface area contributed by atoms with Crippen molar-refractivity contribution in [2.24, 2.45) is 0 Å². The van der Waals surface area contributed by atoms with Gasteiger partial charge in [-0.2, -0.15) is 5.10 Å². The fourth-order valence-electron chi connectivity index (χ4n) is 2.10. The monoisotopic (exact) mass is 272 g/mol. The van der Waals surface area contributed by atoms with E-state index in [4.69, 9.17) is 0 Å². The first-order chi connectivity index (χ1) is 9.74. The van der Waals surface area contributed by atoms with Crippen LogP contribution in [-0.4, -0.2) is 33.3 Å². The van der Waals surface area contributed by atoms with E-state index in [1.807, 2.05) is 37.1 Å². The van der Waals surface area contributed by atoms with Crippen LogP contribution in [0.4, 0.5) is 11.6 Å². The van der Waals surface area contributed by atoms with Gasteiger partial charge in [0.15, 0.2) is 0 Å². The van der Waals surface area contributed by atoms with Gasteiger partial charge in [0.05, 0.1) is 12.7 Å². The van der Waals surface area contributed by atoms with E-state index in [0.717, 1.165) is 30.5 Å². The van der Waals surface area contributed by atoms with E-state index in [-0.39, 0.29) is 0 Å². The van der Waals surface area contributed by atoms with Crippen molar-refractivity contribution in [2.75, 3.05) is 24.2 Å². The number of hydrogen-bond acceptors (Lipinski definition) is 5. The Bertz CT molecular complexity index is 587. The molecule has 1 fully saturated rings. The van der Waals surface area contributed by atoms with Gasteiger partial charge in [0.2, 0.25) is 0 Å². The molecule has 0 spiro atoms. The number of anilines is 2. The third-order valence-corrected chi connectivity index (χ3v) is 3.35. The molecule has 0 amide bonds. The molecule has 0 unspecified atom stereocenters. The second-order valence-electron chi connectivity index (χ2n) is 5.23. The van der Waals surface area contributed by atoms with E-state index in [9.17, 15) is 0 Å². The average Bonchev–Trinajstić information content (AvgIpc) is 3.22. The Balaban J connectivity index is 1.62. The molecule has 20 heavy (non-hydrogen) atoms. The molecule has 0 aliphatic heterocycles. The summed E-state index contributed by atoms with van der Waals surface area (Å²) in [4.78, 5) is 9.09. The number of rotatable bonds is 6. The number of hydrogen-bond donors (Lipinski definition) is 2. The molecule has 6 heteroatoms. The predicted octanol–water partition coefficient (Wildman–Crippen LogP) is 2.01. The Morgan fingerprint density at radius 1 is 1.30 bits per heavy atom. The Morgan fingerprint density at radius 3 is 2.75 bits per heavy atom. The highest BCUT2D eigenvalue weighted by atomic mass is 15.3. The smallest absolute Gasteiger partial charge is 0.136 e. The standard InChI is InChI=1S/C14H20N6/c1-10-8-17-20(9-10)6-5-16-13-7-12(15-2)18-14(19-13)11-3-4-11/h7-9,11H,3-6H2,1-2H3,(H2,15,16,18,19). The summed E-state index contributed by atoms with van der Waals surface area (Å²) in [6, 6.07) is 1.94. The fourth-order valence-corrected chi connectivity index (χ4v) is 2.10. The predicted molar refractivity (Wildman–Crippen MR) is 79.0 cm³/mol. The van der Waals surface area contributed by atoms with Crippen LogP contribution in [0.25, 0.3) is 0 Å². The van der Waals surface area contributed by atoms with Crippen molar-refractivity contribution in [3.8, 4) is 0 Å². The Hall–Kier alpha value is -2.11. The normalized spacial score (nSPS) is 14.3. The molecule has 1 aliphatic carbocycles. The van der Waals surface area contributed by atoms with Crippen molar-refractivity contribution >= 4 is 11.6 Å². The topological polar surface area (TPSA) is 67.7 Å². The number of aromatic nitrogens is 4. The van der Waals surface area contributed by atoms with Crippen molar-refractivity contribution < 1.29 is 0 Å². The molecule has 2 N–H and O–H groups in total. The van der Waals surface area contributed by atoms with Gasteiger partial charge < -0.3 is 10.6 Å². The zero-order valence-corrected chi connectivity index (χ0v) is 11.9. The van der Waals surface area contributed by atoms with Gasteiger partial charge >= 0.3 is 0 Å². The van der Waals surface area contributed by atoms with Crippen molar-refractivity contribution in [1.82, 2.24) is 19.7 Å². The summed E-state index contributed by atoms with van der Waals surface area (Å²) in [6.07, 6.45) is 6.32. The molecule has 6 nitrogen and oxygen atoms in total. The maximum atomic E-state index is 4.59. The average molecular weight is 272 g/mol. The van der Waals surface area contributed by atoms with Crippen LogP contribution in [0, 0.1) is 6.92 Å². The molecular formula is C14H20N6. The van der Waals surface area contributed by atoms with Gasteiger partial charge in [-0.1, -0.05) is 0 Å². The third kappa shape index (κ3) is 3.07. The quantitative estimate of drug-likeness (QED) is 0.842. The molecule has 106 valence electrons. The van der Waals surface area contributed by atoms with E-state index < -0.39 is 0 Å². The first-order valence-corrected chi connectivity index (χ1v) is 7.04. The minimum Gasteiger partial charge on any atom is -0.373 e. The third-order valence-electron chi connectivity index (χ3n) is 3.35. The molecule has 0 atom stereocenters. The van der Waals surface area contributed by atoms with Crippen LogP contribution in [-0.2, 0) is 6.54 Å². The summed E-state index contributed by atoms with van der Waals surface area (Å²) in [7, 11) is 1.88. The van der Waals surface area contributed by atoms with Crippen LogP contribution >= 0.6 is 0 Å². The van der Waals surface area contributed by atoms with Crippen LogP contribution in [0.5, 0.6) is 0 Å². The summed E-state index contributed by atoms with van der Waals surface area (Å²) >= 11 is 0. The minimum absolute atomic E-state index is 0.553. The Morgan fingerprint density at radius 2 is 2.10 bits per heavy atom. The van der Waals surface area contributed by atoms with Gasteiger partial charge in [0.25, 0.3) is 0 Å². The van der Waals surface area contributed by atoms with Gasteiger partial charge in [-0.15, -0.1) is 0 Å². The summed E-state index contributed by atoms with van der Waals surface area (Å²) in [5.41, 5.74) is 1.18. The largest absolute Gasteiger partial charge is 0.373 e. The van der Waals surface area contributed by atoms with Crippen molar-refractivity contribution in [2.45, 2.75) is 32.2 Å². The molecule has 1 aliphatic rings. The van der Waals surface area contributed by atoms with Crippen molar-refractivity contribution in [1.29, 1.82) is 0 Å². The highest BCUT2D eigenvalue weighted by molar-refractivity contribution is 5.47. The van der Waals surface area contributed by atoms with Crippen LogP contribution in [0.15, 0.2) is 18.5 Å². The molecule has 2 aromatic heterocycles. The first kappa shape index (κ1) is 12.9. The van der Waals surface area contributed by atoms with Crippen molar-refractivity contribution in [3.05, 3.63) is 29.8 Å². The van der Waals surface area contributed by atoms with Crippen LogP contribution in [0.1, 0.15) is 30.1 Å². The van der Waals surface area contributed by atoms with Crippen LogP contribution in [0.2, 0.25) is 0 Å². The lowest BCUT2D eigenvalue weighted by atomic mass is 10.3. The van der Waals surface area contributed by atoms with E-state index in [0.29, 0.717) is 5.92 Å². The molecule has 3 rings (SSSR count). The van der Waals surface area contributed by atoms with Gasteiger partial charge in [-0.3, -0.25) is 4.68 Å². The SMILES string of the molecule is CNc1cc(NCCn2cc(C)cn2)nc(C2CC2)n1. The lowest BCUT2D eigenvalue weighted by molar-refractivity contribution is 0.636. The minimum atomic E-state index is 0.553. The number of nitrogens with zero attached hydrogens (tertiary/aromatic N) is 4. The van der Waals surface area contributed by atoms with Gasteiger partial charge in [-0.25, -0.2) is 9.97 Å². The lowest BCUT2D eigenvalue weighted by Crippen LogP contribution is -2.13. The highest BCUT2D eigenvalue weighted by Gasteiger charge is 2.27. The Kier molecular flexibility index (Phi) is 3.54. The Labute approximate surface area is 118 Å². The summed E-state index contributed by atoms with van der Waals surface area (Å²) in [6.45, 7) is 3.67. The van der Waals surface area contributed by atoms with E-state index in [1.54, 1.807) is 0 Å². The molecular weight excluding hydrogens is 252 g/mol. The summed E-state index contributed by atoms with van der Waals surface area (Å²) in [5.74, 6) is 3.27. The first-order valence-electron chi connectivity index (χ1n) is 7.04. The van der Waals surface area contributed by atoms with Crippen LogP contribution in [0.3, 0.4) is 0 Å². The second kappa shape index (κ2) is 5.48. The summed E-state index contributed by atoms with van der Waals surface area (Å²) < 4.78 is 1.93. The highest BCUT2D eigenvalue weighted by Crippen LogP contribution is 2.38. The fraction of sp³-hybridized carbons (Fsp3) is 0.500. The molecule has 2 heterocycles. The molecule has 0 aromatic carbocycles. The summed E-state index contributed by atoms with van der Waals surface area (Å²) in [5, 5.41) is 10.7. The maximum absolute atomic E-state index is 4.59. The van der Waals surface area contributed by atoms with Gasteiger partial charge in [0.1, 0.15) is 17.5 Å². The number of nitrogens with one attached hydrogen (secondary N) is 2. The van der Waals surface area contributed by atoms with E-state index in [2.05, 4.69) is 25.7 Å². The number of aryl methyl sites for hydroxylation is 1. The van der Waals surface area contributed by atoms with Crippen LogP contribution < -0.4 is 10.6 Å².